The first kappa shape index (κ1) is 26.5. The number of sulfonamides is 1. The van der Waals surface area contributed by atoms with Gasteiger partial charge in [-0.15, -0.1) is 0 Å². The Morgan fingerprint density at radius 2 is 1.70 bits per heavy atom. The van der Waals surface area contributed by atoms with Crippen LogP contribution in [-0.2, 0) is 14.8 Å². The summed E-state index contributed by atoms with van der Waals surface area (Å²) in [5.74, 6) is 0.794. The van der Waals surface area contributed by atoms with Crippen molar-refractivity contribution in [3.8, 4) is 11.5 Å². The van der Waals surface area contributed by atoms with Crippen LogP contribution in [0.2, 0.25) is 0 Å². The van der Waals surface area contributed by atoms with E-state index >= 15 is 0 Å². The fourth-order valence-corrected chi connectivity index (χ4v) is 5.32. The molecule has 0 radical (unpaired) electrons. The maximum Gasteiger partial charge on any atom is 0.262 e. The molecule has 37 heavy (non-hydrogen) atoms. The number of hydrogen-bond donors (Lipinski definition) is 2. The van der Waals surface area contributed by atoms with Crippen molar-refractivity contribution in [2.24, 2.45) is 0 Å². The van der Waals surface area contributed by atoms with Crippen molar-refractivity contribution in [3.05, 3.63) is 83.9 Å². The van der Waals surface area contributed by atoms with Crippen molar-refractivity contribution in [3.63, 3.8) is 0 Å². The van der Waals surface area contributed by atoms with Gasteiger partial charge in [0.2, 0.25) is 0 Å². The molecule has 0 unspecified atom stereocenters. The third-order valence-electron chi connectivity index (χ3n) is 6.20. The van der Waals surface area contributed by atoms with Gasteiger partial charge >= 0.3 is 0 Å². The molecule has 0 bridgehead atoms. The molecule has 3 aromatic carbocycles. The van der Waals surface area contributed by atoms with Gasteiger partial charge < -0.3 is 19.5 Å². The van der Waals surface area contributed by atoms with Gasteiger partial charge in [0.15, 0.2) is 0 Å². The Morgan fingerprint density at radius 3 is 2.41 bits per heavy atom. The second-order valence-electron chi connectivity index (χ2n) is 8.48. The molecule has 0 aromatic heterocycles. The highest BCUT2D eigenvalue weighted by Gasteiger charge is 2.24. The predicted molar refractivity (Wildman–Crippen MR) is 141 cm³/mol. The Labute approximate surface area is 217 Å². The molecule has 1 atom stereocenters. The number of ether oxygens (including phenoxy) is 3. The van der Waals surface area contributed by atoms with Gasteiger partial charge in [0, 0.05) is 25.2 Å². The van der Waals surface area contributed by atoms with Gasteiger partial charge in [0.25, 0.3) is 15.9 Å². The molecule has 3 aromatic rings. The van der Waals surface area contributed by atoms with E-state index < -0.39 is 10.0 Å². The standard InChI is InChI=1S/C27H31N3O6S/c1-34-22-12-10-20(11-13-22)25(30-14-16-36-17-15-30)19-28-27(31)21-6-5-7-23(18-21)37(32,33)29-24-8-3-4-9-26(24)35-2/h3-13,18,25,29H,14-17,19H2,1-2H3,(H,28,31)/t25-/m1/s1. The number of amides is 1. The minimum Gasteiger partial charge on any atom is -0.497 e. The largest absolute Gasteiger partial charge is 0.497 e. The van der Waals surface area contributed by atoms with Crippen molar-refractivity contribution in [1.82, 2.24) is 10.2 Å². The minimum absolute atomic E-state index is 0.0223. The highest BCUT2D eigenvalue weighted by atomic mass is 32.2. The normalized spacial score (nSPS) is 15.0. The van der Waals surface area contributed by atoms with Crippen LogP contribution in [0.25, 0.3) is 0 Å². The van der Waals surface area contributed by atoms with Gasteiger partial charge in [-0.25, -0.2) is 8.42 Å². The van der Waals surface area contributed by atoms with E-state index in [4.69, 9.17) is 14.2 Å². The Balaban J connectivity index is 1.49. The topological polar surface area (TPSA) is 106 Å². The summed E-state index contributed by atoms with van der Waals surface area (Å²) < 4.78 is 44.6. The number of nitrogens with one attached hydrogen (secondary N) is 2. The lowest BCUT2D eigenvalue weighted by molar-refractivity contribution is 0.0162. The molecule has 196 valence electrons. The number of rotatable bonds is 10. The fraction of sp³-hybridized carbons (Fsp3) is 0.296. The van der Waals surface area contributed by atoms with Crippen molar-refractivity contribution in [1.29, 1.82) is 0 Å². The molecule has 0 aliphatic carbocycles. The summed E-state index contributed by atoms with van der Waals surface area (Å²) in [6.45, 7) is 3.09. The summed E-state index contributed by atoms with van der Waals surface area (Å²) in [5, 5.41) is 2.98. The number of hydrogen-bond acceptors (Lipinski definition) is 7. The van der Waals surface area contributed by atoms with Crippen molar-refractivity contribution < 1.29 is 27.4 Å². The van der Waals surface area contributed by atoms with E-state index in [0.29, 0.717) is 31.2 Å². The first-order valence-corrected chi connectivity index (χ1v) is 13.4. The molecule has 1 amide bonds. The van der Waals surface area contributed by atoms with Crippen LogP contribution < -0.4 is 19.5 Å². The van der Waals surface area contributed by atoms with Gasteiger partial charge in [-0.2, -0.15) is 0 Å². The first-order valence-electron chi connectivity index (χ1n) is 11.9. The Bertz CT molecular complexity index is 1310. The molecular weight excluding hydrogens is 494 g/mol. The summed E-state index contributed by atoms with van der Waals surface area (Å²) in [7, 11) is -0.858. The molecule has 1 saturated heterocycles. The van der Waals surface area contributed by atoms with Gasteiger partial charge in [-0.1, -0.05) is 30.3 Å². The van der Waals surface area contributed by atoms with E-state index in [-0.39, 0.29) is 22.4 Å². The number of para-hydroxylation sites is 2. The van der Waals surface area contributed by atoms with Crippen LogP contribution in [0.15, 0.2) is 77.7 Å². The monoisotopic (exact) mass is 525 g/mol. The van der Waals surface area contributed by atoms with Gasteiger partial charge in [0.1, 0.15) is 11.5 Å². The molecule has 0 spiro atoms. The van der Waals surface area contributed by atoms with Crippen LogP contribution >= 0.6 is 0 Å². The average molecular weight is 526 g/mol. The number of carbonyl (C=O) groups excluding carboxylic acids is 1. The van der Waals surface area contributed by atoms with E-state index in [1.807, 2.05) is 24.3 Å². The molecular formula is C27H31N3O6S. The number of anilines is 1. The Hall–Kier alpha value is -3.60. The predicted octanol–water partition coefficient (Wildman–Crippen LogP) is 3.31. The molecule has 9 nitrogen and oxygen atoms in total. The van der Waals surface area contributed by atoms with E-state index in [1.165, 1.54) is 19.2 Å². The van der Waals surface area contributed by atoms with E-state index in [1.54, 1.807) is 43.5 Å². The number of benzene rings is 3. The summed E-state index contributed by atoms with van der Waals surface area (Å²) in [4.78, 5) is 15.3. The van der Waals surface area contributed by atoms with Gasteiger partial charge in [-0.05, 0) is 48.0 Å². The van der Waals surface area contributed by atoms with Crippen LogP contribution in [0.4, 0.5) is 5.69 Å². The highest BCUT2D eigenvalue weighted by molar-refractivity contribution is 7.92. The fourth-order valence-electron chi connectivity index (χ4n) is 4.20. The minimum atomic E-state index is -3.94. The zero-order chi connectivity index (χ0) is 26.3. The first-order chi connectivity index (χ1) is 17.9. The molecule has 2 N–H and O–H groups in total. The number of carbonyl (C=O) groups is 1. The maximum atomic E-state index is 13.1. The Morgan fingerprint density at radius 1 is 0.973 bits per heavy atom. The lowest BCUT2D eigenvalue weighted by Crippen LogP contribution is -2.43. The van der Waals surface area contributed by atoms with Crippen LogP contribution in [0.3, 0.4) is 0 Å². The quantitative estimate of drug-likeness (QED) is 0.418. The van der Waals surface area contributed by atoms with Crippen molar-refractivity contribution in [2.45, 2.75) is 10.9 Å². The summed E-state index contributed by atoms with van der Waals surface area (Å²) in [6, 6.07) is 20.4. The second kappa shape index (κ2) is 12.1. The zero-order valence-electron chi connectivity index (χ0n) is 20.8. The van der Waals surface area contributed by atoms with E-state index in [9.17, 15) is 13.2 Å². The second-order valence-corrected chi connectivity index (χ2v) is 10.2. The lowest BCUT2D eigenvalue weighted by Gasteiger charge is -2.35. The van der Waals surface area contributed by atoms with Gasteiger partial charge in [-0.3, -0.25) is 14.4 Å². The number of morpholine rings is 1. The van der Waals surface area contributed by atoms with Gasteiger partial charge in [0.05, 0.1) is 44.1 Å². The molecule has 1 aliphatic heterocycles. The molecule has 1 heterocycles. The van der Waals surface area contributed by atoms with Crippen LogP contribution in [0.5, 0.6) is 11.5 Å². The molecule has 1 aliphatic rings. The van der Waals surface area contributed by atoms with Crippen LogP contribution in [0.1, 0.15) is 22.0 Å². The SMILES string of the molecule is COc1ccc([C@@H](CNC(=O)c2cccc(S(=O)(=O)Nc3ccccc3OC)c2)N2CCOCC2)cc1. The van der Waals surface area contributed by atoms with Crippen molar-refractivity contribution >= 4 is 21.6 Å². The zero-order valence-corrected chi connectivity index (χ0v) is 21.7. The van der Waals surface area contributed by atoms with Crippen molar-refractivity contribution in [2.75, 3.05) is 51.8 Å². The molecule has 0 saturated carbocycles. The van der Waals surface area contributed by atoms with Crippen LogP contribution in [-0.4, -0.2) is 66.3 Å². The highest BCUT2D eigenvalue weighted by Crippen LogP contribution is 2.27. The number of methoxy groups -OCH3 is 2. The average Bonchev–Trinajstić information content (AvgIpc) is 2.94. The number of nitrogens with zero attached hydrogens (tertiary/aromatic N) is 1. The Kier molecular flexibility index (Phi) is 8.65. The van der Waals surface area contributed by atoms with E-state index in [0.717, 1.165) is 24.4 Å². The summed E-state index contributed by atoms with van der Waals surface area (Å²) in [5.41, 5.74) is 1.60. The van der Waals surface area contributed by atoms with Crippen LogP contribution in [0, 0.1) is 0 Å². The lowest BCUT2D eigenvalue weighted by atomic mass is 10.0. The molecule has 1 fully saturated rings. The smallest absolute Gasteiger partial charge is 0.262 e. The third kappa shape index (κ3) is 6.59. The molecule has 10 heteroatoms. The summed E-state index contributed by atoms with van der Waals surface area (Å²) in [6.07, 6.45) is 0. The van der Waals surface area contributed by atoms with E-state index in [2.05, 4.69) is 14.9 Å². The molecule has 4 rings (SSSR count). The maximum absolute atomic E-state index is 13.1. The third-order valence-corrected chi connectivity index (χ3v) is 7.56. The summed E-state index contributed by atoms with van der Waals surface area (Å²) >= 11 is 0.